The molecule has 146 valence electrons. The molecular formula is C19H17N7O3. The SMILES string of the molecule is C[C@@]1(c2cccc(-n3cnnn3)c2)NC(=O)N(CC(=O)Nc2ccccc2)C1=O. The van der Waals surface area contributed by atoms with Crippen LogP contribution in [0, 0.1) is 0 Å². The number of nitrogens with zero attached hydrogens (tertiary/aromatic N) is 5. The van der Waals surface area contributed by atoms with Crippen LogP contribution in [0.2, 0.25) is 0 Å². The molecular weight excluding hydrogens is 374 g/mol. The number of hydrogen-bond acceptors (Lipinski definition) is 6. The predicted octanol–water partition coefficient (Wildman–Crippen LogP) is 1.07. The van der Waals surface area contributed by atoms with Gasteiger partial charge in [0.2, 0.25) is 5.91 Å². The van der Waals surface area contributed by atoms with Crippen LogP contribution < -0.4 is 10.6 Å². The van der Waals surface area contributed by atoms with Gasteiger partial charge in [-0.2, -0.15) is 0 Å². The van der Waals surface area contributed by atoms with Crippen LogP contribution in [0.25, 0.3) is 5.69 Å². The maximum Gasteiger partial charge on any atom is 0.325 e. The number of anilines is 1. The minimum Gasteiger partial charge on any atom is -0.325 e. The zero-order chi connectivity index (χ0) is 20.4. The zero-order valence-corrected chi connectivity index (χ0v) is 15.4. The Morgan fingerprint density at radius 3 is 2.66 bits per heavy atom. The van der Waals surface area contributed by atoms with E-state index < -0.39 is 23.4 Å². The Labute approximate surface area is 165 Å². The molecule has 4 rings (SSSR count). The third-order valence-electron chi connectivity index (χ3n) is 4.67. The molecule has 2 aromatic carbocycles. The van der Waals surface area contributed by atoms with Gasteiger partial charge in [0.25, 0.3) is 5.91 Å². The Morgan fingerprint density at radius 2 is 1.93 bits per heavy atom. The van der Waals surface area contributed by atoms with Crippen molar-refractivity contribution < 1.29 is 14.4 Å². The number of carbonyl (C=O) groups excluding carboxylic acids is 3. The van der Waals surface area contributed by atoms with Crippen LogP contribution in [0.3, 0.4) is 0 Å². The monoisotopic (exact) mass is 391 g/mol. The van der Waals surface area contributed by atoms with Gasteiger partial charge in [0.15, 0.2) is 0 Å². The Balaban J connectivity index is 1.54. The van der Waals surface area contributed by atoms with Crippen LogP contribution in [-0.4, -0.2) is 49.5 Å². The Bertz CT molecular complexity index is 1070. The average Bonchev–Trinajstić information content (AvgIpc) is 3.33. The highest BCUT2D eigenvalue weighted by atomic mass is 16.2. The molecule has 10 nitrogen and oxygen atoms in total. The first-order valence-corrected chi connectivity index (χ1v) is 8.80. The van der Waals surface area contributed by atoms with E-state index in [1.165, 1.54) is 11.0 Å². The lowest BCUT2D eigenvalue weighted by molar-refractivity contribution is -0.133. The van der Waals surface area contributed by atoms with Gasteiger partial charge < -0.3 is 10.6 Å². The summed E-state index contributed by atoms with van der Waals surface area (Å²) in [6.45, 7) is 1.21. The number of amides is 4. The van der Waals surface area contributed by atoms with Crippen molar-refractivity contribution >= 4 is 23.5 Å². The number of tetrazole rings is 1. The summed E-state index contributed by atoms with van der Waals surface area (Å²) >= 11 is 0. The number of imide groups is 1. The fraction of sp³-hybridized carbons (Fsp3) is 0.158. The van der Waals surface area contributed by atoms with Crippen molar-refractivity contribution in [3.63, 3.8) is 0 Å². The van der Waals surface area contributed by atoms with Crippen LogP contribution >= 0.6 is 0 Å². The van der Waals surface area contributed by atoms with E-state index in [0.717, 1.165) is 4.90 Å². The first-order chi connectivity index (χ1) is 14.0. The van der Waals surface area contributed by atoms with Crippen molar-refractivity contribution in [2.75, 3.05) is 11.9 Å². The van der Waals surface area contributed by atoms with Crippen molar-refractivity contribution in [1.82, 2.24) is 30.4 Å². The molecule has 29 heavy (non-hydrogen) atoms. The fourth-order valence-corrected chi connectivity index (χ4v) is 3.14. The van der Waals surface area contributed by atoms with E-state index in [2.05, 4.69) is 26.2 Å². The topological polar surface area (TPSA) is 122 Å². The molecule has 2 heterocycles. The highest BCUT2D eigenvalue weighted by molar-refractivity contribution is 6.10. The largest absolute Gasteiger partial charge is 0.325 e. The first-order valence-electron chi connectivity index (χ1n) is 8.80. The number of hydrogen-bond donors (Lipinski definition) is 2. The molecule has 1 aromatic heterocycles. The fourth-order valence-electron chi connectivity index (χ4n) is 3.14. The molecule has 0 unspecified atom stereocenters. The van der Waals surface area contributed by atoms with Crippen LogP contribution in [0.1, 0.15) is 12.5 Å². The normalized spacial score (nSPS) is 18.6. The van der Waals surface area contributed by atoms with Crippen molar-refractivity contribution in [3.05, 3.63) is 66.5 Å². The number of rotatable bonds is 5. The van der Waals surface area contributed by atoms with Gasteiger partial charge in [-0.3, -0.25) is 14.5 Å². The van der Waals surface area contributed by atoms with Crippen molar-refractivity contribution in [2.45, 2.75) is 12.5 Å². The number of nitrogens with one attached hydrogen (secondary N) is 2. The third kappa shape index (κ3) is 3.43. The molecule has 0 saturated carbocycles. The Kier molecular flexibility index (Phi) is 4.51. The van der Waals surface area contributed by atoms with E-state index in [4.69, 9.17) is 0 Å². The van der Waals surface area contributed by atoms with Gasteiger partial charge in [-0.15, -0.1) is 5.10 Å². The van der Waals surface area contributed by atoms with Crippen LogP contribution in [0.4, 0.5) is 10.5 Å². The molecule has 1 saturated heterocycles. The zero-order valence-electron chi connectivity index (χ0n) is 15.4. The second kappa shape index (κ2) is 7.15. The van der Waals surface area contributed by atoms with Gasteiger partial charge in [0, 0.05) is 5.69 Å². The lowest BCUT2D eigenvalue weighted by atomic mass is 9.91. The molecule has 0 spiro atoms. The number of benzene rings is 2. The summed E-state index contributed by atoms with van der Waals surface area (Å²) in [5.74, 6) is -0.981. The quantitative estimate of drug-likeness (QED) is 0.628. The Morgan fingerprint density at radius 1 is 1.14 bits per heavy atom. The van der Waals surface area contributed by atoms with Crippen molar-refractivity contribution in [1.29, 1.82) is 0 Å². The molecule has 1 fully saturated rings. The Hall–Kier alpha value is -4.08. The number of carbonyl (C=O) groups is 3. The van der Waals surface area contributed by atoms with Gasteiger partial charge in [-0.1, -0.05) is 30.3 Å². The number of urea groups is 1. The van der Waals surface area contributed by atoms with E-state index in [9.17, 15) is 14.4 Å². The highest BCUT2D eigenvalue weighted by Gasteiger charge is 2.49. The summed E-state index contributed by atoms with van der Waals surface area (Å²) in [5, 5.41) is 16.4. The van der Waals surface area contributed by atoms with E-state index in [-0.39, 0.29) is 6.54 Å². The minimum absolute atomic E-state index is 0.387. The van der Waals surface area contributed by atoms with Gasteiger partial charge >= 0.3 is 6.03 Å². The summed E-state index contributed by atoms with van der Waals surface area (Å²) in [4.78, 5) is 38.7. The smallest absolute Gasteiger partial charge is 0.325 e. The van der Waals surface area contributed by atoms with Gasteiger partial charge in [0.05, 0.1) is 5.69 Å². The molecule has 3 aromatic rings. The maximum absolute atomic E-state index is 13.0. The first kappa shape index (κ1) is 18.3. The summed E-state index contributed by atoms with van der Waals surface area (Å²) in [7, 11) is 0. The molecule has 1 aliphatic heterocycles. The summed E-state index contributed by atoms with van der Waals surface area (Å²) < 4.78 is 1.44. The molecule has 10 heteroatoms. The van der Waals surface area contributed by atoms with E-state index >= 15 is 0 Å². The van der Waals surface area contributed by atoms with Crippen LogP contribution in [-0.2, 0) is 15.1 Å². The predicted molar refractivity (Wildman–Crippen MR) is 102 cm³/mol. The van der Waals surface area contributed by atoms with E-state index in [1.54, 1.807) is 55.5 Å². The van der Waals surface area contributed by atoms with Crippen LogP contribution in [0.15, 0.2) is 60.9 Å². The number of para-hydroxylation sites is 1. The molecule has 4 amide bonds. The lowest BCUT2D eigenvalue weighted by Crippen LogP contribution is -2.42. The van der Waals surface area contributed by atoms with Crippen molar-refractivity contribution in [3.8, 4) is 5.69 Å². The molecule has 0 radical (unpaired) electrons. The molecule has 2 N–H and O–H groups in total. The van der Waals surface area contributed by atoms with E-state index in [1.807, 2.05) is 6.07 Å². The number of aromatic nitrogens is 4. The third-order valence-corrected chi connectivity index (χ3v) is 4.67. The van der Waals surface area contributed by atoms with Gasteiger partial charge in [-0.05, 0) is 47.2 Å². The molecule has 1 atom stereocenters. The van der Waals surface area contributed by atoms with Crippen LogP contribution in [0.5, 0.6) is 0 Å². The minimum atomic E-state index is -1.31. The van der Waals surface area contributed by atoms with Gasteiger partial charge in [-0.25, -0.2) is 9.48 Å². The molecule has 1 aliphatic rings. The molecule has 0 bridgehead atoms. The maximum atomic E-state index is 13.0. The summed E-state index contributed by atoms with van der Waals surface area (Å²) in [6, 6.07) is 15.1. The molecule has 0 aliphatic carbocycles. The summed E-state index contributed by atoms with van der Waals surface area (Å²) in [6.07, 6.45) is 1.43. The second-order valence-electron chi connectivity index (χ2n) is 6.67. The van der Waals surface area contributed by atoms with E-state index in [0.29, 0.717) is 16.9 Å². The van der Waals surface area contributed by atoms with Crippen molar-refractivity contribution in [2.24, 2.45) is 0 Å². The lowest BCUT2D eigenvalue weighted by Gasteiger charge is -2.22. The second-order valence-corrected chi connectivity index (χ2v) is 6.67. The van der Waals surface area contributed by atoms with Gasteiger partial charge in [0.1, 0.15) is 18.4 Å². The highest BCUT2D eigenvalue weighted by Crippen LogP contribution is 2.29. The summed E-state index contributed by atoms with van der Waals surface area (Å²) in [5.41, 5.74) is 0.459. The average molecular weight is 391 g/mol. The standard InChI is InChI=1S/C19H17N7O3/c1-19(13-6-5-9-15(10-13)26-12-20-23-24-26)17(28)25(18(29)22-19)11-16(27)21-14-7-3-2-4-8-14/h2-10,12H,11H2,1H3,(H,21,27)(H,22,29)/t19-/m0/s1.